The molecule has 3 aromatic carbocycles. The van der Waals surface area contributed by atoms with Crippen molar-refractivity contribution in [3.8, 4) is 0 Å². The van der Waals surface area contributed by atoms with Gasteiger partial charge in [-0.05, 0) is 61.2 Å². The van der Waals surface area contributed by atoms with Crippen molar-refractivity contribution >= 4 is 5.91 Å². The summed E-state index contributed by atoms with van der Waals surface area (Å²) in [6, 6.07) is 27.9. The molecule has 1 N–H and O–H groups in total. The molecule has 1 atom stereocenters. The highest BCUT2D eigenvalue weighted by atomic mass is 16.1. The van der Waals surface area contributed by atoms with Gasteiger partial charge in [0.05, 0.1) is 18.3 Å². The van der Waals surface area contributed by atoms with Crippen molar-refractivity contribution in [2.24, 2.45) is 0 Å². The van der Waals surface area contributed by atoms with E-state index in [0.29, 0.717) is 12.1 Å². The fourth-order valence-corrected chi connectivity index (χ4v) is 3.88. The summed E-state index contributed by atoms with van der Waals surface area (Å²) >= 11 is 0. The lowest BCUT2D eigenvalue weighted by atomic mass is 9.94. The van der Waals surface area contributed by atoms with Crippen LogP contribution in [0.15, 0.2) is 84.9 Å². The molecule has 1 aromatic heterocycles. The molecule has 4 heteroatoms. The molecule has 0 saturated heterocycles. The average Bonchev–Trinajstić information content (AvgIpc) is 3.10. The number of nitrogens with one attached hydrogen (secondary N) is 1. The number of aromatic nitrogens is 2. The van der Waals surface area contributed by atoms with Crippen LogP contribution in [0.5, 0.6) is 0 Å². The normalized spacial score (nSPS) is 11.8. The van der Waals surface area contributed by atoms with Crippen molar-refractivity contribution in [2.75, 3.05) is 0 Å². The number of carbonyl (C=O) groups excluding carboxylic acids is 1. The van der Waals surface area contributed by atoms with Gasteiger partial charge in [-0.15, -0.1) is 0 Å². The minimum Gasteiger partial charge on any atom is -0.341 e. The Bertz CT molecular complexity index is 1180. The van der Waals surface area contributed by atoms with Gasteiger partial charge in [-0.1, -0.05) is 66.7 Å². The van der Waals surface area contributed by atoms with Crippen molar-refractivity contribution < 1.29 is 4.79 Å². The van der Waals surface area contributed by atoms with E-state index in [-0.39, 0.29) is 11.9 Å². The Morgan fingerprint density at radius 1 is 0.903 bits per heavy atom. The molecule has 31 heavy (non-hydrogen) atoms. The molecule has 4 rings (SSSR count). The fraction of sp³-hybridized carbons (Fsp3) is 0.185. The highest BCUT2D eigenvalue weighted by Crippen LogP contribution is 2.25. The zero-order valence-electron chi connectivity index (χ0n) is 18.2. The van der Waals surface area contributed by atoms with Gasteiger partial charge in [0.2, 0.25) is 0 Å². The minimum absolute atomic E-state index is 0.0882. The molecule has 0 aliphatic heterocycles. The summed E-state index contributed by atoms with van der Waals surface area (Å²) in [6.07, 6.45) is 0. The summed E-state index contributed by atoms with van der Waals surface area (Å²) in [7, 11) is 0. The second-order valence-electron chi connectivity index (χ2n) is 7.96. The van der Waals surface area contributed by atoms with Gasteiger partial charge in [0.15, 0.2) is 0 Å². The van der Waals surface area contributed by atoms with Crippen molar-refractivity contribution in [1.29, 1.82) is 0 Å². The Morgan fingerprint density at radius 3 is 2.23 bits per heavy atom. The van der Waals surface area contributed by atoms with E-state index in [9.17, 15) is 4.79 Å². The van der Waals surface area contributed by atoms with Crippen LogP contribution in [0.1, 0.15) is 50.0 Å². The molecule has 0 aliphatic rings. The van der Waals surface area contributed by atoms with E-state index in [2.05, 4.69) is 54.6 Å². The zero-order chi connectivity index (χ0) is 21.8. The predicted octanol–water partition coefficient (Wildman–Crippen LogP) is 5.38. The van der Waals surface area contributed by atoms with Crippen LogP contribution in [0.25, 0.3) is 0 Å². The summed E-state index contributed by atoms with van der Waals surface area (Å²) in [5.41, 5.74) is 7.21. The van der Waals surface area contributed by atoms with Crippen molar-refractivity contribution in [3.05, 3.63) is 124 Å². The van der Waals surface area contributed by atoms with Crippen LogP contribution in [0.2, 0.25) is 0 Å². The van der Waals surface area contributed by atoms with Gasteiger partial charge in [-0.25, -0.2) is 0 Å². The van der Waals surface area contributed by atoms with Crippen LogP contribution in [-0.2, 0) is 6.54 Å². The lowest BCUT2D eigenvalue weighted by molar-refractivity contribution is 0.0943. The smallest absolute Gasteiger partial charge is 0.252 e. The third kappa shape index (κ3) is 4.75. The lowest BCUT2D eigenvalue weighted by Gasteiger charge is -2.22. The molecular weight excluding hydrogens is 382 g/mol. The molecular formula is C27H27N3O. The van der Waals surface area contributed by atoms with E-state index in [1.165, 1.54) is 0 Å². The van der Waals surface area contributed by atoms with Crippen LogP contribution in [0, 0.1) is 20.8 Å². The largest absolute Gasteiger partial charge is 0.341 e. The monoisotopic (exact) mass is 409 g/mol. The second kappa shape index (κ2) is 9.00. The van der Waals surface area contributed by atoms with Crippen LogP contribution in [0.4, 0.5) is 0 Å². The molecule has 0 aliphatic carbocycles. The van der Waals surface area contributed by atoms with Crippen molar-refractivity contribution in [1.82, 2.24) is 15.1 Å². The standard InChI is InChI=1S/C27H27N3O/c1-19-9-7-8-12-25(19)26(23-10-5-4-6-11-23)28-27(31)24-15-13-22(14-16-24)18-30-21(3)17-20(2)29-30/h4-17,26H,18H2,1-3H3,(H,28,31). The van der Waals surface area contributed by atoms with Gasteiger partial charge in [0.1, 0.15) is 0 Å². The number of hydrogen-bond acceptors (Lipinski definition) is 2. The SMILES string of the molecule is Cc1cc(C)n(Cc2ccc(C(=O)NC(c3ccccc3)c3ccccc3C)cc2)n1. The molecule has 1 amide bonds. The summed E-state index contributed by atoms with van der Waals surface area (Å²) in [6.45, 7) is 6.81. The molecule has 156 valence electrons. The number of rotatable bonds is 6. The van der Waals surface area contributed by atoms with Gasteiger partial charge in [0.25, 0.3) is 5.91 Å². The Morgan fingerprint density at radius 2 is 1.58 bits per heavy atom. The number of amides is 1. The highest BCUT2D eigenvalue weighted by molar-refractivity contribution is 5.94. The number of benzene rings is 3. The summed E-state index contributed by atoms with van der Waals surface area (Å²) in [5.74, 6) is -0.0882. The van der Waals surface area contributed by atoms with E-state index < -0.39 is 0 Å². The Labute approximate surface area is 183 Å². The van der Waals surface area contributed by atoms with E-state index >= 15 is 0 Å². The van der Waals surface area contributed by atoms with Crippen LogP contribution in [0.3, 0.4) is 0 Å². The molecule has 0 saturated carbocycles. The second-order valence-corrected chi connectivity index (χ2v) is 7.96. The first-order valence-corrected chi connectivity index (χ1v) is 10.5. The van der Waals surface area contributed by atoms with Gasteiger partial charge in [-0.3, -0.25) is 9.48 Å². The molecule has 4 aromatic rings. The molecule has 0 spiro atoms. The number of nitrogens with zero attached hydrogens (tertiary/aromatic N) is 2. The molecule has 4 nitrogen and oxygen atoms in total. The van der Waals surface area contributed by atoms with Crippen molar-refractivity contribution in [3.63, 3.8) is 0 Å². The maximum Gasteiger partial charge on any atom is 0.252 e. The first kappa shape index (κ1) is 20.6. The van der Waals surface area contributed by atoms with E-state index in [1.807, 2.05) is 66.2 Å². The number of hydrogen-bond donors (Lipinski definition) is 1. The Kier molecular flexibility index (Phi) is 5.99. The first-order valence-electron chi connectivity index (χ1n) is 10.5. The van der Waals surface area contributed by atoms with E-state index in [1.54, 1.807) is 0 Å². The van der Waals surface area contributed by atoms with Crippen LogP contribution in [-0.4, -0.2) is 15.7 Å². The lowest BCUT2D eigenvalue weighted by Crippen LogP contribution is -2.29. The summed E-state index contributed by atoms with van der Waals surface area (Å²) < 4.78 is 1.98. The average molecular weight is 410 g/mol. The predicted molar refractivity (Wildman–Crippen MR) is 124 cm³/mol. The Hall–Kier alpha value is -3.66. The quantitative estimate of drug-likeness (QED) is 0.465. The molecule has 0 bridgehead atoms. The van der Waals surface area contributed by atoms with Gasteiger partial charge in [0, 0.05) is 11.3 Å². The minimum atomic E-state index is -0.204. The molecule has 0 radical (unpaired) electrons. The van der Waals surface area contributed by atoms with Crippen molar-refractivity contribution in [2.45, 2.75) is 33.4 Å². The van der Waals surface area contributed by atoms with Gasteiger partial charge < -0.3 is 5.32 Å². The highest BCUT2D eigenvalue weighted by Gasteiger charge is 2.19. The molecule has 1 unspecified atom stereocenters. The van der Waals surface area contributed by atoms with Gasteiger partial charge in [-0.2, -0.15) is 5.10 Å². The fourth-order valence-electron chi connectivity index (χ4n) is 3.88. The molecule has 0 fully saturated rings. The summed E-state index contributed by atoms with van der Waals surface area (Å²) in [5, 5.41) is 7.75. The third-order valence-electron chi connectivity index (χ3n) is 5.56. The van der Waals surface area contributed by atoms with Gasteiger partial charge >= 0.3 is 0 Å². The molecule has 1 heterocycles. The number of carbonyl (C=O) groups is 1. The van der Waals surface area contributed by atoms with Crippen LogP contribution < -0.4 is 5.32 Å². The maximum atomic E-state index is 13.1. The summed E-state index contributed by atoms with van der Waals surface area (Å²) in [4.78, 5) is 13.1. The first-order chi connectivity index (χ1) is 15.0. The maximum absolute atomic E-state index is 13.1. The van der Waals surface area contributed by atoms with E-state index in [0.717, 1.165) is 33.6 Å². The topological polar surface area (TPSA) is 46.9 Å². The van der Waals surface area contributed by atoms with Crippen LogP contribution >= 0.6 is 0 Å². The van der Waals surface area contributed by atoms with E-state index in [4.69, 9.17) is 0 Å². The number of aryl methyl sites for hydroxylation is 3. The zero-order valence-corrected chi connectivity index (χ0v) is 18.2. The third-order valence-corrected chi connectivity index (χ3v) is 5.56. The Balaban J connectivity index is 1.55.